The van der Waals surface area contributed by atoms with Gasteiger partial charge in [-0.05, 0) is 43.5 Å². The second kappa shape index (κ2) is 6.76. The Balaban J connectivity index is 2.21. The molecule has 19 heavy (non-hydrogen) atoms. The number of hydrogen-bond donors (Lipinski definition) is 1. The van der Waals surface area contributed by atoms with Crippen LogP contribution in [-0.4, -0.2) is 17.7 Å². The van der Waals surface area contributed by atoms with Crippen molar-refractivity contribution in [1.29, 1.82) is 0 Å². The van der Waals surface area contributed by atoms with Gasteiger partial charge in [-0.25, -0.2) is 0 Å². The van der Waals surface area contributed by atoms with Crippen molar-refractivity contribution in [2.24, 2.45) is 5.92 Å². The lowest BCUT2D eigenvalue weighted by atomic mass is 10.1. The summed E-state index contributed by atoms with van der Waals surface area (Å²) in [5.74, 6) is 0.756. The van der Waals surface area contributed by atoms with Gasteiger partial charge < -0.3 is 9.88 Å². The summed E-state index contributed by atoms with van der Waals surface area (Å²) < 4.78 is 2.43. The van der Waals surface area contributed by atoms with Crippen LogP contribution >= 0.6 is 0 Å². The number of hydrogen-bond acceptors (Lipinski definition) is 1. The van der Waals surface area contributed by atoms with Crippen LogP contribution < -0.4 is 5.32 Å². The maximum atomic E-state index is 3.41. The van der Waals surface area contributed by atoms with E-state index >= 15 is 0 Å². The van der Waals surface area contributed by atoms with Gasteiger partial charge in [0.2, 0.25) is 0 Å². The third kappa shape index (κ3) is 3.60. The molecule has 0 spiro atoms. The summed E-state index contributed by atoms with van der Waals surface area (Å²) in [6.45, 7) is 9.97. The summed E-state index contributed by atoms with van der Waals surface area (Å²) in [5.41, 5.74) is 2.86. The Morgan fingerprint density at radius 1 is 1.21 bits per heavy atom. The molecule has 0 amide bonds. The first-order valence-corrected chi connectivity index (χ1v) is 7.49. The molecule has 1 aromatic carbocycles. The van der Waals surface area contributed by atoms with Gasteiger partial charge in [0, 0.05) is 23.6 Å². The minimum absolute atomic E-state index is 0.756. The van der Waals surface area contributed by atoms with Crippen LogP contribution in [-0.2, 0) is 13.0 Å². The molecule has 0 unspecified atom stereocenters. The van der Waals surface area contributed by atoms with Crippen molar-refractivity contribution in [3.8, 4) is 0 Å². The van der Waals surface area contributed by atoms with Crippen LogP contribution in [0.5, 0.6) is 0 Å². The predicted octanol–water partition coefficient (Wildman–Crippen LogP) is 3.84. The molecule has 0 aliphatic heterocycles. The molecule has 2 rings (SSSR count). The Morgan fingerprint density at radius 3 is 2.74 bits per heavy atom. The zero-order chi connectivity index (χ0) is 13.7. The summed E-state index contributed by atoms with van der Waals surface area (Å²) >= 11 is 0. The fourth-order valence-corrected chi connectivity index (χ4v) is 2.50. The van der Waals surface area contributed by atoms with Gasteiger partial charge in [0.25, 0.3) is 0 Å². The molecule has 0 radical (unpaired) electrons. The van der Waals surface area contributed by atoms with E-state index in [0.29, 0.717) is 0 Å². The van der Waals surface area contributed by atoms with Crippen molar-refractivity contribution in [3.63, 3.8) is 0 Å². The minimum atomic E-state index is 0.756. The van der Waals surface area contributed by atoms with E-state index in [-0.39, 0.29) is 0 Å². The Bertz CT molecular complexity index is 511. The molecule has 0 saturated carbocycles. The second-order valence-electron chi connectivity index (χ2n) is 5.65. The Kier molecular flexibility index (Phi) is 5.03. The van der Waals surface area contributed by atoms with Crippen LogP contribution in [0.15, 0.2) is 30.5 Å². The number of para-hydroxylation sites is 1. The zero-order valence-electron chi connectivity index (χ0n) is 12.4. The van der Waals surface area contributed by atoms with Gasteiger partial charge in [0.15, 0.2) is 0 Å². The van der Waals surface area contributed by atoms with E-state index in [4.69, 9.17) is 0 Å². The normalized spacial score (nSPS) is 11.6. The first-order chi connectivity index (χ1) is 9.22. The monoisotopic (exact) mass is 258 g/mol. The first-order valence-electron chi connectivity index (χ1n) is 7.49. The van der Waals surface area contributed by atoms with E-state index in [1.54, 1.807) is 0 Å². The van der Waals surface area contributed by atoms with Gasteiger partial charge in [-0.2, -0.15) is 0 Å². The van der Waals surface area contributed by atoms with Gasteiger partial charge >= 0.3 is 0 Å². The third-order valence-corrected chi connectivity index (χ3v) is 3.64. The first kappa shape index (κ1) is 14.1. The fraction of sp³-hybridized carbons (Fsp3) is 0.529. The van der Waals surface area contributed by atoms with E-state index in [9.17, 15) is 0 Å². The number of fused-ring (bicyclic) bond motifs is 1. The maximum absolute atomic E-state index is 3.41. The van der Waals surface area contributed by atoms with Crippen LogP contribution in [0, 0.1) is 5.92 Å². The average molecular weight is 258 g/mol. The Morgan fingerprint density at radius 2 is 2.00 bits per heavy atom. The molecule has 1 aromatic heterocycles. The van der Waals surface area contributed by atoms with Crippen LogP contribution in [0.2, 0.25) is 0 Å². The lowest BCUT2D eigenvalue weighted by molar-refractivity contribution is 0.524. The standard InChI is InChI=1S/C17H26N2/c1-4-18-11-9-15-13-19(12-10-14(2)3)17-8-6-5-7-16(15)17/h5-8,13-14,18H,4,9-12H2,1-3H3. The topological polar surface area (TPSA) is 17.0 Å². The van der Waals surface area contributed by atoms with Crippen LogP contribution in [0.1, 0.15) is 32.8 Å². The molecule has 0 atom stereocenters. The number of aromatic nitrogens is 1. The molecule has 1 N–H and O–H groups in total. The number of rotatable bonds is 7. The number of aryl methyl sites for hydroxylation is 1. The van der Waals surface area contributed by atoms with Crippen LogP contribution in [0.3, 0.4) is 0 Å². The second-order valence-corrected chi connectivity index (χ2v) is 5.65. The smallest absolute Gasteiger partial charge is 0.0483 e. The van der Waals surface area contributed by atoms with Crippen LogP contribution in [0.4, 0.5) is 0 Å². The molecule has 0 aliphatic carbocycles. The molecule has 104 valence electrons. The summed E-state index contributed by atoms with van der Waals surface area (Å²) in [6.07, 6.45) is 4.71. The van der Waals surface area contributed by atoms with Gasteiger partial charge in [-0.15, -0.1) is 0 Å². The zero-order valence-corrected chi connectivity index (χ0v) is 12.4. The van der Waals surface area contributed by atoms with E-state index in [1.165, 1.54) is 22.9 Å². The van der Waals surface area contributed by atoms with Gasteiger partial charge in [-0.1, -0.05) is 39.0 Å². The number of nitrogens with one attached hydrogen (secondary N) is 1. The molecular weight excluding hydrogens is 232 g/mol. The minimum Gasteiger partial charge on any atom is -0.347 e. The maximum Gasteiger partial charge on any atom is 0.0483 e. The summed E-state index contributed by atoms with van der Waals surface area (Å²) in [7, 11) is 0. The molecule has 2 aromatic rings. The molecule has 2 heteroatoms. The number of benzene rings is 1. The lowest BCUT2D eigenvalue weighted by Gasteiger charge is -2.07. The molecule has 0 saturated heterocycles. The third-order valence-electron chi connectivity index (χ3n) is 3.64. The fourth-order valence-electron chi connectivity index (χ4n) is 2.50. The van der Waals surface area contributed by atoms with Crippen molar-refractivity contribution in [2.75, 3.05) is 13.1 Å². The molecule has 1 heterocycles. The molecule has 2 nitrogen and oxygen atoms in total. The van der Waals surface area contributed by atoms with Crippen molar-refractivity contribution >= 4 is 10.9 Å². The summed E-state index contributed by atoms with van der Waals surface area (Å²) in [4.78, 5) is 0. The Hall–Kier alpha value is -1.28. The highest BCUT2D eigenvalue weighted by Gasteiger charge is 2.07. The highest BCUT2D eigenvalue weighted by Crippen LogP contribution is 2.22. The van der Waals surface area contributed by atoms with E-state index in [0.717, 1.165) is 32.0 Å². The Labute approximate surface area is 116 Å². The van der Waals surface area contributed by atoms with Crippen LogP contribution in [0.25, 0.3) is 10.9 Å². The van der Waals surface area contributed by atoms with Crippen molar-refractivity contribution in [3.05, 3.63) is 36.0 Å². The van der Waals surface area contributed by atoms with Crippen molar-refractivity contribution in [1.82, 2.24) is 9.88 Å². The number of nitrogens with zero attached hydrogens (tertiary/aromatic N) is 1. The summed E-state index contributed by atoms with van der Waals surface area (Å²) in [5, 5.41) is 4.83. The summed E-state index contributed by atoms with van der Waals surface area (Å²) in [6, 6.07) is 8.78. The largest absolute Gasteiger partial charge is 0.347 e. The van der Waals surface area contributed by atoms with E-state index in [1.807, 2.05) is 0 Å². The number of likely N-dealkylation sites (N-methyl/N-ethyl adjacent to an activating group) is 1. The van der Waals surface area contributed by atoms with E-state index < -0.39 is 0 Å². The molecule has 0 fully saturated rings. The average Bonchev–Trinajstić information content (AvgIpc) is 2.76. The molecule has 0 aliphatic rings. The van der Waals surface area contributed by atoms with Gasteiger partial charge in [-0.3, -0.25) is 0 Å². The SMILES string of the molecule is CCNCCc1cn(CCC(C)C)c2ccccc12. The molecular formula is C17H26N2. The van der Waals surface area contributed by atoms with Crippen molar-refractivity contribution in [2.45, 2.75) is 40.2 Å². The van der Waals surface area contributed by atoms with Gasteiger partial charge in [0.1, 0.15) is 0 Å². The quantitative estimate of drug-likeness (QED) is 0.747. The van der Waals surface area contributed by atoms with Crippen molar-refractivity contribution < 1.29 is 0 Å². The molecule has 0 bridgehead atoms. The van der Waals surface area contributed by atoms with E-state index in [2.05, 4.69) is 61.1 Å². The lowest BCUT2D eigenvalue weighted by Crippen LogP contribution is -2.15. The van der Waals surface area contributed by atoms with Gasteiger partial charge in [0.05, 0.1) is 0 Å². The predicted molar refractivity (Wildman–Crippen MR) is 83.6 cm³/mol. The highest BCUT2D eigenvalue weighted by molar-refractivity contribution is 5.84. The highest BCUT2D eigenvalue weighted by atomic mass is 15.0.